The minimum Gasteiger partial charge on any atom is -0.385 e. The molecule has 0 aliphatic rings. The highest BCUT2D eigenvalue weighted by molar-refractivity contribution is 6.04. The molecule has 0 bridgehead atoms. The van der Waals surface area contributed by atoms with Crippen LogP contribution in [0.25, 0.3) is 0 Å². The highest BCUT2D eigenvalue weighted by Gasteiger charge is 2.13. The van der Waals surface area contributed by atoms with Crippen LogP contribution in [-0.2, 0) is 11.2 Å². The van der Waals surface area contributed by atoms with Crippen LogP contribution in [0.4, 0.5) is 5.69 Å². The molecule has 2 N–H and O–H groups in total. The number of carbonyl (C=O) groups is 2. The van der Waals surface area contributed by atoms with Crippen LogP contribution in [0.3, 0.4) is 0 Å². The number of ether oxygens (including phenoxy) is 1. The van der Waals surface area contributed by atoms with Gasteiger partial charge in [0.05, 0.1) is 0 Å². The first-order valence-electron chi connectivity index (χ1n) is 8.29. The monoisotopic (exact) mass is 341 g/mol. The Morgan fingerprint density at radius 2 is 1.76 bits per heavy atom. The first-order chi connectivity index (χ1) is 12.2. The van der Waals surface area contributed by atoms with Crippen molar-refractivity contribution in [2.45, 2.75) is 19.8 Å². The third-order valence-corrected chi connectivity index (χ3v) is 3.67. The van der Waals surface area contributed by atoms with Gasteiger partial charge in [0, 0.05) is 25.9 Å². The lowest BCUT2D eigenvalue weighted by Crippen LogP contribution is -2.27. The maximum atomic E-state index is 12.4. The topological polar surface area (TPSA) is 80.3 Å². The number of anilines is 1. The summed E-state index contributed by atoms with van der Waals surface area (Å²) in [7, 11) is 1.61. The minimum atomic E-state index is -0.338. The molecule has 2 amide bonds. The fourth-order valence-corrected chi connectivity index (χ4v) is 2.33. The van der Waals surface area contributed by atoms with Gasteiger partial charge in [-0.05, 0) is 36.6 Å². The van der Waals surface area contributed by atoms with E-state index < -0.39 is 0 Å². The number of rotatable bonds is 8. The number of hydrogen-bond donors (Lipinski definition) is 2. The molecule has 132 valence electrons. The molecule has 0 atom stereocenters. The van der Waals surface area contributed by atoms with E-state index in [9.17, 15) is 9.59 Å². The number of pyridine rings is 1. The van der Waals surface area contributed by atoms with Crippen LogP contribution >= 0.6 is 0 Å². The second kappa shape index (κ2) is 9.54. The molecule has 0 saturated heterocycles. The van der Waals surface area contributed by atoms with E-state index in [0.717, 1.165) is 24.1 Å². The summed E-state index contributed by atoms with van der Waals surface area (Å²) in [5.74, 6) is -0.644. The number of aryl methyl sites for hydroxylation is 1. The van der Waals surface area contributed by atoms with E-state index >= 15 is 0 Å². The molecule has 2 aromatic rings. The first kappa shape index (κ1) is 18.6. The average Bonchev–Trinajstić information content (AvgIpc) is 2.65. The molecule has 0 saturated carbocycles. The number of aromatic nitrogens is 1. The van der Waals surface area contributed by atoms with Gasteiger partial charge < -0.3 is 15.4 Å². The molecule has 6 nitrogen and oxygen atoms in total. The maximum Gasteiger partial charge on any atom is 0.274 e. The van der Waals surface area contributed by atoms with Gasteiger partial charge in [0.25, 0.3) is 11.8 Å². The Morgan fingerprint density at radius 1 is 1.04 bits per heavy atom. The largest absolute Gasteiger partial charge is 0.385 e. The molecule has 0 fully saturated rings. The molecule has 2 rings (SSSR count). The lowest BCUT2D eigenvalue weighted by Gasteiger charge is -2.10. The number of benzene rings is 1. The van der Waals surface area contributed by atoms with Gasteiger partial charge in [-0.2, -0.15) is 0 Å². The van der Waals surface area contributed by atoms with Crippen LogP contribution in [0.2, 0.25) is 0 Å². The Balaban J connectivity index is 2.04. The van der Waals surface area contributed by atoms with Gasteiger partial charge >= 0.3 is 0 Å². The number of hydrogen-bond acceptors (Lipinski definition) is 4. The van der Waals surface area contributed by atoms with E-state index in [0.29, 0.717) is 13.2 Å². The Labute approximate surface area is 147 Å². The number of nitrogens with zero attached hydrogens (tertiary/aromatic N) is 1. The van der Waals surface area contributed by atoms with Crippen molar-refractivity contribution in [2.24, 2.45) is 0 Å². The van der Waals surface area contributed by atoms with Crippen molar-refractivity contribution in [3.05, 3.63) is 59.4 Å². The predicted octanol–water partition coefficient (Wildman–Crippen LogP) is 2.66. The van der Waals surface area contributed by atoms with Crippen LogP contribution in [0.5, 0.6) is 0 Å². The summed E-state index contributed by atoms with van der Waals surface area (Å²) in [4.78, 5) is 28.7. The predicted molar refractivity (Wildman–Crippen MR) is 96.8 cm³/mol. The highest BCUT2D eigenvalue weighted by Crippen LogP contribution is 2.16. The summed E-state index contributed by atoms with van der Waals surface area (Å²) in [6.07, 6.45) is 1.53. The maximum absolute atomic E-state index is 12.4. The second-order valence-electron chi connectivity index (χ2n) is 5.48. The van der Waals surface area contributed by atoms with Gasteiger partial charge in [-0.25, -0.2) is 4.98 Å². The first-order valence-corrected chi connectivity index (χ1v) is 8.29. The van der Waals surface area contributed by atoms with Crippen LogP contribution < -0.4 is 10.6 Å². The minimum absolute atomic E-state index is 0.204. The summed E-state index contributed by atoms with van der Waals surface area (Å²) in [6.45, 7) is 3.10. The van der Waals surface area contributed by atoms with Crippen molar-refractivity contribution in [1.29, 1.82) is 0 Å². The SMILES string of the molecule is CCc1ccccc1NC(=O)c1cccc(C(=O)NCCCOC)n1. The fourth-order valence-electron chi connectivity index (χ4n) is 2.33. The zero-order valence-electron chi connectivity index (χ0n) is 14.5. The van der Waals surface area contributed by atoms with Gasteiger partial charge in [0.1, 0.15) is 11.4 Å². The van der Waals surface area contributed by atoms with Crippen molar-refractivity contribution in [3.8, 4) is 0 Å². The zero-order chi connectivity index (χ0) is 18.1. The number of amides is 2. The molecule has 1 aromatic heterocycles. The molecule has 25 heavy (non-hydrogen) atoms. The number of carbonyl (C=O) groups excluding carboxylic acids is 2. The third-order valence-electron chi connectivity index (χ3n) is 3.67. The van der Waals surface area contributed by atoms with E-state index in [1.165, 1.54) is 0 Å². The molecule has 0 aliphatic heterocycles. The molecule has 1 heterocycles. The normalized spacial score (nSPS) is 10.3. The van der Waals surface area contributed by atoms with Crippen LogP contribution in [0.15, 0.2) is 42.5 Å². The van der Waals surface area contributed by atoms with Crippen LogP contribution in [0, 0.1) is 0 Å². The smallest absolute Gasteiger partial charge is 0.274 e. The molecule has 6 heteroatoms. The molecule has 0 aliphatic carbocycles. The molecule has 0 spiro atoms. The van der Waals surface area contributed by atoms with E-state index in [4.69, 9.17) is 4.74 Å². The molecule has 0 radical (unpaired) electrons. The quantitative estimate of drug-likeness (QED) is 0.724. The van der Waals surface area contributed by atoms with Gasteiger partial charge in [0.2, 0.25) is 0 Å². The summed E-state index contributed by atoms with van der Waals surface area (Å²) < 4.78 is 4.94. The Hall–Kier alpha value is -2.73. The van der Waals surface area contributed by atoms with Crippen molar-refractivity contribution >= 4 is 17.5 Å². The Kier molecular flexibility index (Phi) is 7.10. The molecule has 1 aromatic carbocycles. The van der Waals surface area contributed by atoms with Gasteiger partial charge in [0.15, 0.2) is 0 Å². The number of nitrogens with one attached hydrogen (secondary N) is 2. The Bertz CT molecular complexity index is 731. The highest BCUT2D eigenvalue weighted by atomic mass is 16.5. The molecular weight excluding hydrogens is 318 g/mol. The van der Waals surface area contributed by atoms with E-state index in [2.05, 4.69) is 15.6 Å². The van der Waals surface area contributed by atoms with E-state index in [1.54, 1.807) is 25.3 Å². The van der Waals surface area contributed by atoms with Gasteiger partial charge in [-0.15, -0.1) is 0 Å². The van der Waals surface area contributed by atoms with Gasteiger partial charge in [-0.1, -0.05) is 31.2 Å². The molecule has 0 unspecified atom stereocenters. The van der Waals surface area contributed by atoms with Crippen molar-refractivity contribution in [2.75, 3.05) is 25.6 Å². The average molecular weight is 341 g/mol. The summed E-state index contributed by atoms with van der Waals surface area (Å²) in [6, 6.07) is 12.4. The third kappa shape index (κ3) is 5.39. The fraction of sp³-hybridized carbons (Fsp3) is 0.316. The van der Waals surface area contributed by atoms with Crippen molar-refractivity contribution in [1.82, 2.24) is 10.3 Å². The van der Waals surface area contributed by atoms with Crippen molar-refractivity contribution in [3.63, 3.8) is 0 Å². The van der Waals surface area contributed by atoms with E-state index in [-0.39, 0.29) is 23.2 Å². The zero-order valence-corrected chi connectivity index (χ0v) is 14.5. The lowest BCUT2D eigenvalue weighted by atomic mass is 10.1. The lowest BCUT2D eigenvalue weighted by molar-refractivity contribution is 0.0943. The van der Waals surface area contributed by atoms with E-state index in [1.807, 2.05) is 31.2 Å². The summed E-state index contributed by atoms with van der Waals surface area (Å²) in [5.41, 5.74) is 2.22. The van der Waals surface area contributed by atoms with Gasteiger partial charge in [-0.3, -0.25) is 9.59 Å². The van der Waals surface area contributed by atoms with Crippen molar-refractivity contribution < 1.29 is 14.3 Å². The standard InChI is InChI=1S/C19H23N3O3/c1-3-14-8-4-5-9-15(14)22-19(24)17-11-6-10-16(21-17)18(23)20-12-7-13-25-2/h4-6,8-11H,3,7,12-13H2,1-2H3,(H,20,23)(H,22,24). The number of para-hydroxylation sites is 1. The van der Waals surface area contributed by atoms with Crippen LogP contribution in [-0.4, -0.2) is 37.1 Å². The van der Waals surface area contributed by atoms with Crippen LogP contribution in [0.1, 0.15) is 39.9 Å². The Morgan fingerprint density at radius 3 is 2.48 bits per heavy atom. The number of methoxy groups -OCH3 is 1. The summed E-state index contributed by atoms with van der Waals surface area (Å²) in [5, 5.41) is 5.61. The summed E-state index contributed by atoms with van der Waals surface area (Å²) >= 11 is 0. The second-order valence-corrected chi connectivity index (χ2v) is 5.48. The molecular formula is C19H23N3O3.